The van der Waals surface area contributed by atoms with Crippen LogP contribution in [0.1, 0.15) is 17.3 Å². The Morgan fingerprint density at radius 3 is 2.31 bits per heavy atom. The molecule has 0 saturated heterocycles. The van der Waals surface area contributed by atoms with Crippen molar-refractivity contribution in [2.45, 2.75) is 6.92 Å². The zero-order valence-electron chi connectivity index (χ0n) is 8.91. The van der Waals surface area contributed by atoms with Crippen LogP contribution in [0.4, 0.5) is 0 Å². The van der Waals surface area contributed by atoms with E-state index in [0.29, 0.717) is 10.6 Å². The molecule has 0 spiro atoms. The van der Waals surface area contributed by atoms with Gasteiger partial charge in [0.2, 0.25) is 0 Å². The third kappa shape index (κ3) is 2.00. The molecule has 80 valence electrons. The van der Waals surface area contributed by atoms with Crippen LogP contribution in [0, 0.1) is 0 Å². The second-order valence-electron chi connectivity index (χ2n) is 3.59. The number of rotatable bonds is 2. The summed E-state index contributed by atoms with van der Waals surface area (Å²) < 4.78 is 0. The molecule has 0 atom stereocenters. The average Bonchev–Trinajstić information content (AvgIpc) is 2.30. The summed E-state index contributed by atoms with van der Waals surface area (Å²) in [7, 11) is 0. The summed E-state index contributed by atoms with van der Waals surface area (Å²) in [4.78, 5) is 11.4. The second kappa shape index (κ2) is 4.50. The number of hydrogen-bond acceptors (Lipinski definition) is 1. The topological polar surface area (TPSA) is 17.1 Å². The van der Waals surface area contributed by atoms with Gasteiger partial charge in [-0.1, -0.05) is 54.1 Å². The van der Waals surface area contributed by atoms with Crippen molar-refractivity contribution in [2.75, 3.05) is 0 Å². The molecule has 0 aliphatic rings. The molecule has 0 bridgehead atoms. The zero-order chi connectivity index (χ0) is 11.5. The largest absolute Gasteiger partial charge is 0.294 e. The SMILES string of the molecule is CC(=O)c1cccc(-c2ccccc2)c1Cl. The van der Waals surface area contributed by atoms with Crippen LogP contribution in [0.3, 0.4) is 0 Å². The molecule has 0 saturated carbocycles. The van der Waals surface area contributed by atoms with Crippen molar-refractivity contribution in [3.05, 3.63) is 59.1 Å². The highest BCUT2D eigenvalue weighted by atomic mass is 35.5. The first kappa shape index (κ1) is 10.9. The summed E-state index contributed by atoms with van der Waals surface area (Å²) in [5.41, 5.74) is 2.49. The van der Waals surface area contributed by atoms with E-state index in [1.165, 1.54) is 6.92 Å². The Morgan fingerprint density at radius 1 is 1.00 bits per heavy atom. The smallest absolute Gasteiger partial charge is 0.161 e. The molecule has 0 radical (unpaired) electrons. The second-order valence-corrected chi connectivity index (χ2v) is 3.97. The first-order valence-corrected chi connectivity index (χ1v) is 5.43. The highest BCUT2D eigenvalue weighted by Crippen LogP contribution is 2.30. The lowest BCUT2D eigenvalue weighted by Gasteiger charge is -2.07. The van der Waals surface area contributed by atoms with Gasteiger partial charge in [0.1, 0.15) is 0 Å². The number of carbonyl (C=O) groups is 1. The Kier molecular flexibility index (Phi) is 3.07. The van der Waals surface area contributed by atoms with Gasteiger partial charge in [0.05, 0.1) is 5.02 Å². The van der Waals surface area contributed by atoms with E-state index in [9.17, 15) is 4.79 Å². The van der Waals surface area contributed by atoms with Crippen LogP contribution >= 0.6 is 11.6 Å². The fraction of sp³-hybridized carbons (Fsp3) is 0.0714. The number of carbonyl (C=O) groups excluding carboxylic acids is 1. The van der Waals surface area contributed by atoms with E-state index in [1.807, 2.05) is 42.5 Å². The third-order valence-corrected chi connectivity index (χ3v) is 2.87. The maximum absolute atomic E-state index is 11.4. The minimum atomic E-state index is -0.0113. The lowest BCUT2D eigenvalue weighted by molar-refractivity contribution is 0.101. The minimum absolute atomic E-state index is 0.0113. The monoisotopic (exact) mass is 230 g/mol. The first-order chi connectivity index (χ1) is 7.70. The van der Waals surface area contributed by atoms with Gasteiger partial charge in [0.25, 0.3) is 0 Å². The van der Waals surface area contributed by atoms with Crippen molar-refractivity contribution in [1.82, 2.24) is 0 Å². The summed E-state index contributed by atoms with van der Waals surface area (Å²) in [6.45, 7) is 1.52. The molecule has 0 unspecified atom stereocenters. The van der Waals surface area contributed by atoms with Crippen LogP contribution in [0.2, 0.25) is 5.02 Å². The van der Waals surface area contributed by atoms with Crippen molar-refractivity contribution in [3.63, 3.8) is 0 Å². The lowest BCUT2D eigenvalue weighted by atomic mass is 10.0. The number of hydrogen-bond donors (Lipinski definition) is 0. The molecule has 2 aromatic rings. The maximum Gasteiger partial charge on any atom is 0.161 e. The van der Waals surface area contributed by atoms with Gasteiger partial charge in [-0.3, -0.25) is 4.79 Å². The predicted molar refractivity (Wildman–Crippen MR) is 66.9 cm³/mol. The molecule has 0 aliphatic carbocycles. The molecule has 2 heteroatoms. The van der Waals surface area contributed by atoms with Gasteiger partial charge in [-0.05, 0) is 18.6 Å². The van der Waals surface area contributed by atoms with Crippen LogP contribution in [0.5, 0.6) is 0 Å². The van der Waals surface area contributed by atoms with Crippen LogP contribution in [0.25, 0.3) is 11.1 Å². The van der Waals surface area contributed by atoms with Crippen LogP contribution in [-0.4, -0.2) is 5.78 Å². The quantitative estimate of drug-likeness (QED) is 0.707. The molecule has 0 aliphatic heterocycles. The Balaban J connectivity index is 2.59. The van der Waals surface area contributed by atoms with Gasteiger partial charge in [0.15, 0.2) is 5.78 Å². The molecule has 0 N–H and O–H groups in total. The Morgan fingerprint density at radius 2 is 1.69 bits per heavy atom. The predicted octanol–water partition coefficient (Wildman–Crippen LogP) is 4.21. The van der Waals surface area contributed by atoms with E-state index < -0.39 is 0 Å². The van der Waals surface area contributed by atoms with E-state index in [1.54, 1.807) is 6.07 Å². The van der Waals surface area contributed by atoms with Crippen LogP contribution < -0.4 is 0 Å². The Hall–Kier alpha value is -1.60. The molecule has 0 aromatic heterocycles. The highest BCUT2D eigenvalue weighted by molar-refractivity contribution is 6.36. The van der Waals surface area contributed by atoms with Crippen LogP contribution in [0.15, 0.2) is 48.5 Å². The number of ketones is 1. The summed E-state index contributed by atoms with van der Waals surface area (Å²) in [5, 5.41) is 0.529. The van der Waals surface area contributed by atoms with Gasteiger partial charge < -0.3 is 0 Å². The normalized spacial score (nSPS) is 10.1. The number of benzene rings is 2. The average molecular weight is 231 g/mol. The van der Waals surface area contributed by atoms with E-state index >= 15 is 0 Å². The molecule has 2 aromatic carbocycles. The fourth-order valence-electron chi connectivity index (χ4n) is 1.64. The standard InChI is InChI=1S/C14H11ClO/c1-10(16)12-8-5-9-13(14(12)15)11-6-3-2-4-7-11/h2-9H,1H3. The molecule has 1 nitrogen and oxygen atoms in total. The Labute approximate surface area is 99.7 Å². The lowest BCUT2D eigenvalue weighted by Crippen LogP contribution is -1.94. The molecule has 2 rings (SSSR count). The zero-order valence-corrected chi connectivity index (χ0v) is 9.66. The first-order valence-electron chi connectivity index (χ1n) is 5.05. The molecule has 0 heterocycles. The van der Waals surface area contributed by atoms with Crippen molar-refractivity contribution >= 4 is 17.4 Å². The summed E-state index contributed by atoms with van der Waals surface area (Å²) in [6.07, 6.45) is 0. The van der Waals surface area contributed by atoms with Crippen molar-refractivity contribution in [1.29, 1.82) is 0 Å². The molecule has 16 heavy (non-hydrogen) atoms. The molecular weight excluding hydrogens is 220 g/mol. The van der Waals surface area contributed by atoms with Crippen molar-refractivity contribution in [2.24, 2.45) is 0 Å². The van der Waals surface area contributed by atoms with E-state index in [0.717, 1.165) is 11.1 Å². The van der Waals surface area contributed by atoms with E-state index in [2.05, 4.69) is 0 Å². The van der Waals surface area contributed by atoms with E-state index in [4.69, 9.17) is 11.6 Å². The van der Waals surface area contributed by atoms with Crippen LogP contribution in [-0.2, 0) is 0 Å². The number of Topliss-reactive ketones (excluding diaryl/α,β-unsaturated/α-hetero) is 1. The van der Waals surface area contributed by atoms with Gasteiger partial charge in [-0.15, -0.1) is 0 Å². The fourth-order valence-corrected chi connectivity index (χ4v) is 2.01. The third-order valence-electron chi connectivity index (χ3n) is 2.46. The van der Waals surface area contributed by atoms with Gasteiger partial charge >= 0.3 is 0 Å². The summed E-state index contributed by atoms with van der Waals surface area (Å²) >= 11 is 6.22. The maximum atomic E-state index is 11.4. The van der Waals surface area contributed by atoms with Gasteiger partial charge in [0, 0.05) is 11.1 Å². The summed E-state index contributed by atoms with van der Waals surface area (Å²) in [6, 6.07) is 15.3. The molecule has 0 fully saturated rings. The van der Waals surface area contributed by atoms with Gasteiger partial charge in [-0.25, -0.2) is 0 Å². The molecular formula is C14H11ClO. The number of halogens is 1. The Bertz CT molecular complexity index is 518. The highest BCUT2D eigenvalue weighted by Gasteiger charge is 2.10. The molecule has 0 amide bonds. The van der Waals surface area contributed by atoms with Gasteiger partial charge in [-0.2, -0.15) is 0 Å². The van der Waals surface area contributed by atoms with Crippen molar-refractivity contribution < 1.29 is 4.79 Å². The minimum Gasteiger partial charge on any atom is -0.294 e. The summed E-state index contributed by atoms with van der Waals surface area (Å²) in [5.74, 6) is -0.0113. The van der Waals surface area contributed by atoms with E-state index in [-0.39, 0.29) is 5.78 Å². The van der Waals surface area contributed by atoms with Crippen molar-refractivity contribution in [3.8, 4) is 11.1 Å².